The van der Waals surface area contributed by atoms with Crippen molar-refractivity contribution in [2.45, 2.75) is 20.3 Å². The summed E-state index contributed by atoms with van der Waals surface area (Å²) in [6.07, 6.45) is 4.50. The second-order valence-corrected chi connectivity index (χ2v) is 2.76. The van der Waals surface area contributed by atoms with Crippen molar-refractivity contribution in [1.82, 2.24) is 0 Å². The van der Waals surface area contributed by atoms with Crippen molar-refractivity contribution >= 4 is 6.21 Å². The summed E-state index contributed by atoms with van der Waals surface area (Å²) in [5.74, 6) is 4.98. The number of hydrogen-bond donors (Lipinski definition) is 1. The molecular formula is C7H14N2. The summed E-state index contributed by atoms with van der Waals surface area (Å²) in [6.45, 7) is 7.75. The van der Waals surface area contributed by atoms with E-state index in [0.717, 1.165) is 6.42 Å². The highest BCUT2D eigenvalue weighted by Gasteiger charge is 2.11. The van der Waals surface area contributed by atoms with Crippen LogP contribution in [-0.4, -0.2) is 6.21 Å². The van der Waals surface area contributed by atoms with Crippen molar-refractivity contribution in [3.8, 4) is 0 Å². The molecule has 0 heterocycles. The highest BCUT2D eigenvalue weighted by molar-refractivity contribution is 5.64. The summed E-state index contributed by atoms with van der Waals surface area (Å²) in [5.41, 5.74) is 0.0660. The van der Waals surface area contributed by atoms with Crippen LogP contribution in [-0.2, 0) is 0 Å². The summed E-state index contributed by atoms with van der Waals surface area (Å²) < 4.78 is 0. The molecule has 52 valence electrons. The molecule has 0 aliphatic heterocycles. The van der Waals surface area contributed by atoms with Crippen LogP contribution < -0.4 is 5.84 Å². The first-order valence-corrected chi connectivity index (χ1v) is 2.98. The Labute approximate surface area is 56.4 Å². The Bertz CT molecular complexity index is 114. The molecule has 0 aromatic heterocycles. The van der Waals surface area contributed by atoms with Gasteiger partial charge in [0.25, 0.3) is 0 Å². The highest BCUT2D eigenvalue weighted by atomic mass is 15.1. The Morgan fingerprint density at radius 3 is 2.56 bits per heavy atom. The zero-order valence-electron chi connectivity index (χ0n) is 6.09. The van der Waals surface area contributed by atoms with Crippen LogP contribution >= 0.6 is 0 Å². The number of rotatable bonds is 3. The Balaban J connectivity index is 3.84. The molecule has 0 radical (unpaired) electrons. The topological polar surface area (TPSA) is 38.4 Å². The lowest BCUT2D eigenvalue weighted by molar-refractivity contribution is 0.545. The lowest BCUT2D eigenvalue weighted by Crippen LogP contribution is -2.12. The molecule has 0 rings (SSSR count). The minimum Gasteiger partial charge on any atom is -0.324 e. The molecule has 2 N–H and O–H groups in total. The third-order valence-corrected chi connectivity index (χ3v) is 1.09. The first-order chi connectivity index (χ1) is 4.12. The Kier molecular flexibility index (Phi) is 2.99. The maximum absolute atomic E-state index is 4.98. The third-order valence-electron chi connectivity index (χ3n) is 1.09. The number of nitrogens with zero attached hydrogens (tertiary/aromatic N) is 1. The fraction of sp³-hybridized carbons (Fsp3) is 0.571. The summed E-state index contributed by atoms with van der Waals surface area (Å²) in [6, 6.07) is 0. The predicted octanol–water partition coefficient (Wildman–Crippen LogP) is 1.53. The summed E-state index contributed by atoms with van der Waals surface area (Å²) >= 11 is 0. The first-order valence-electron chi connectivity index (χ1n) is 2.98. The standard InChI is InChI=1S/C7H14N2/c1-4-5-7(2,3)6-9-8/h4,6H,1,5,8H2,2-3H3/b9-6+. The molecule has 0 aliphatic carbocycles. The molecule has 0 atom stereocenters. The average Bonchev–Trinajstić information content (AvgIpc) is 1.64. The van der Waals surface area contributed by atoms with E-state index in [1.807, 2.05) is 6.08 Å². The van der Waals surface area contributed by atoms with E-state index >= 15 is 0 Å². The van der Waals surface area contributed by atoms with Crippen LogP contribution in [0.5, 0.6) is 0 Å². The molecule has 0 fully saturated rings. The Morgan fingerprint density at radius 2 is 2.22 bits per heavy atom. The number of allylic oxidation sites excluding steroid dienone is 1. The van der Waals surface area contributed by atoms with Crippen LogP contribution in [0.2, 0.25) is 0 Å². The van der Waals surface area contributed by atoms with Crippen LogP contribution in [0.25, 0.3) is 0 Å². The van der Waals surface area contributed by atoms with E-state index in [0.29, 0.717) is 0 Å². The van der Waals surface area contributed by atoms with Gasteiger partial charge >= 0.3 is 0 Å². The van der Waals surface area contributed by atoms with Crippen molar-refractivity contribution in [3.63, 3.8) is 0 Å². The van der Waals surface area contributed by atoms with Gasteiger partial charge in [-0.15, -0.1) is 6.58 Å². The van der Waals surface area contributed by atoms with Gasteiger partial charge in [0.1, 0.15) is 0 Å². The minimum absolute atomic E-state index is 0.0660. The van der Waals surface area contributed by atoms with Crippen molar-refractivity contribution in [2.24, 2.45) is 16.4 Å². The predicted molar refractivity (Wildman–Crippen MR) is 41.3 cm³/mol. The number of hydrogen-bond acceptors (Lipinski definition) is 2. The summed E-state index contributed by atoms with van der Waals surface area (Å²) in [5, 5.41) is 3.45. The fourth-order valence-corrected chi connectivity index (χ4v) is 0.626. The van der Waals surface area contributed by atoms with Gasteiger partial charge in [-0.1, -0.05) is 19.9 Å². The van der Waals surface area contributed by atoms with E-state index in [9.17, 15) is 0 Å². The van der Waals surface area contributed by atoms with Crippen LogP contribution in [0.15, 0.2) is 17.8 Å². The average molecular weight is 126 g/mol. The molecule has 0 saturated carbocycles. The molecular weight excluding hydrogens is 112 g/mol. The zero-order chi connectivity index (χ0) is 7.33. The maximum atomic E-state index is 4.98. The molecule has 0 spiro atoms. The van der Waals surface area contributed by atoms with E-state index < -0.39 is 0 Å². The Hall–Kier alpha value is -0.790. The van der Waals surface area contributed by atoms with Crippen LogP contribution in [0.1, 0.15) is 20.3 Å². The molecule has 2 nitrogen and oxygen atoms in total. The fourth-order valence-electron chi connectivity index (χ4n) is 0.626. The molecule has 0 aliphatic rings. The van der Waals surface area contributed by atoms with Gasteiger partial charge in [-0.25, -0.2) is 0 Å². The lowest BCUT2D eigenvalue weighted by Gasteiger charge is -2.14. The van der Waals surface area contributed by atoms with E-state index in [1.54, 1.807) is 6.21 Å². The molecule has 2 heteroatoms. The second-order valence-electron chi connectivity index (χ2n) is 2.76. The summed E-state index contributed by atoms with van der Waals surface area (Å²) in [7, 11) is 0. The van der Waals surface area contributed by atoms with E-state index in [1.165, 1.54) is 0 Å². The summed E-state index contributed by atoms with van der Waals surface area (Å²) in [4.78, 5) is 0. The molecule has 0 aromatic carbocycles. The van der Waals surface area contributed by atoms with Crippen molar-refractivity contribution in [3.05, 3.63) is 12.7 Å². The second kappa shape index (κ2) is 3.28. The highest BCUT2D eigenvalue weighted by Crippen LogP contribution is 2.16. The van der Waals surface area contributed by atoms with Crippen LogP contribution in [0.4, 0.5) is 0 Å². The van der Waals surface area contributed by atoms with Gasteiger partial charge in [-0.3, -0.25) is 0 Å². The molecule has 0 amide bonds. The van der Waals surface area contributed by atoms with Crippen molar-refractivity contribution in [2.75, 3.05) is 0 Å². The lowest BCUT2D eigenvalue weighted by atomic mass is 9.91. The van der Waals surface area contributed by atoms with E-state index in [4.69, 9.17) is 5.84 Å². The van der Waals surface area contributed by atoms with Crippen molar-refractivity contribution < 1.29 is 0 Å². The minimum atomic E-state index is 0.0660. The maximum Gasteiger partial charge on any atom is 0.0299 e. The van der Waals surface area contributed by atoms with Gasteiger partial charge < -0.3 is 5.84 Å². The normalized spacial score (nSPS) is 12.2. The quantitative estimate of drug-likeness (QED) is 0.265. The van der Waals surface area contributed by atoms with Gasteiger partial charge in [-0.2, -0.15) is 5.10 Å². The smallest absolute Gasteiger partial charge is 0.0299 e. The SMILES string of the molecule is C=CCC(C)(C)/C=N/N. The third kappa shape index (κ3) is 3.76. The first kappa shape index (κ1) is 8.21. The van der Waals surface area contributed by atoms with Gasteiger partial charge in [-0.05, 0) is 6.42 Å². The van der Waals surface area contributed by atoms with Gasteiger partial charge in [0.05, 0.1) is 0 Å². The zero-order valence-corrected chi connectivity index (χ0v) is 6.09. The largest absolute Gasteiger partial charge is 0.324 e. The van der Waals surface area contributed by atoms with Crippen molar-refractivity contribution in [1.29, 1.82) is 0 Å². The molecule has 0 unspecified atom stereocenters. The number of nitrogens with two attached hydrogens (primary N) is 1. The monoisotopic (exact) mass is 126 g/mol. The Morgan fingerprint density at radius 1 is 1.67 bits per heavy atom. The molecule has 9 heavy (non-hydrogen) atoms. The molecule has 0 saturated heterocycles. The number of hydrazone groups is 1. The van der Waals surface area contributed by atoms with E-state index in [-0.39, 0.29) is 5.41 Å². The van der Waals surface area contributed by atoms with Crippen LogP contribution in [0.3, 0.4) is 0 Å². The van der Waals surface area contributed by atoms with Crippen LogP contribution in [0, 0.1) is 5.41 Å². The van der Waals surface area contributed by atoms with E-state index in [2.05, 4.69) is 25.5 Å². The van der Waals surface area contributed by atoms with Gasteiger partial charge in [0.2, 0.25) is 0 Å². The molecule has 0 bridgehead atoms. The van der Waals surface area contributed by atoms with Gasteiger partial charge in [0.15, 0.2) is 0 Å². The van der Waals surface area contributed by atoms with Gasteiger partial charge in [0, 0.05) is 11.6 Å². The molecule has 0 aromatic rings.